The maximum absolute atomic E-state index is 9.75. The number of allylic oxidation sites excluding steroid dienone is 3. The molecular formula is C17H19NO2. The number of hydrogen-bond acceptors (Lipinski definition) is 2. The third kappa shape index (κ3) is 5.08. The van der Waals surface area contributed by atoms with Crippen molar-refractivity contribution >= 4 is 16.7 Å². The van der Waals surface area contributed by atoms with E-state index < -0.39 is 5.97 Å². The van der Waals surface area contributed by atoms with E-state index in [0.717, 1.165) is 6.08 Å². The molecule has 0 aliphatic rings. The number of hydrogen-bond donors (Lipinski definition) is 2. The molecular weight excluding hydrogens is 250 g/mol. The van der Waals surface area contributed by atoms with Crippen LogP contribution in [0.25, 0.3) is 10.8 Å². The molecule has 3 nitrogen and oxygen atoms in total. The summed E-state index contributed by atoms with van der Waals surface area (Å²) in [6.45, 7) is 2.44. The fraction of sp³-hybridized carbons (Fsp3) is 0.118. The Bertz CT molecular complexity index is 610. The molecule has 3 N–H and O–H groups in total. The van der Waals surface area contributed by atoms with Gasteiger partial charge in [0.2, 0.25) is 0 Å². The second-order valence-electron chi connectivity index (χ2n) is 4.07. The zero-order valence-electron chi connectivity index (χ0n) is 11.5. The Hall–Kier alpha value is -2.39. The highest BCUT2D eigenvalue weighted by molar-refractivity contribution is 5.85. The predicted molar refractivity (Wildman–Crippen MR) is 83.4 cm³/mol. The van der Waals surface area contributed by atoms with Gasteiger partial charge in [-0.15, -0.1) is 0 Å². The van der Waals surface area contributed by atoms with Crippen molar-refractivity contribution in [1.29, 1.82) is 0 Å². The number of aliphatic carboxylic acids is 1. The van der Waals surface area contributed by atoms with Gasteiger partial charge in [0, 0.05) is 12.6 Å². The summed E-state index contributed by atoms with van der Waals surface area (Å²) in [6, 6.07) is 14.5. The highest BCUT2D eigenvalue weighted by Crippen LogP contribution is 2.17. The third-order valence-corrected chi connectivity index (χ3v) is 2.64. The Morgan fingerprint density at radius 1 is 1.15 bits per heavy atom. The highest BCUT2D eigenvalue weighted by Gasteiger charge is 1.95. The van der Waals surface area contributed by atoms with Crippen molar-refractivity contribution in [2.45, 2.75) is 13.5 Å². The highest BCUT2D eigenvalue weighted by atomic mass is 16.4. The Balaban J connectivity index is 0.000000221. The number of rotatable bonds is 3. The molecule has 2 rings (SSSR count). The van der Waals surface area contributed by atoms with Gasteiger partial charge in [-0.2, -0.15) is 0 Å². The van der Waals surface area contributed by atoms with Crippen LogP contribution >= 0.6 is 0 Å². The summed E-state index contributed by atoms with van der Waals surface area (Å²) in [5, 5.41) is 10.5. The molecule has 0 saturated carbocycles. The van der Waals surface area contributed by atoms with Crippen LogP contribution in [0.2, 0.25) is 0 Å². The lowest BCUT2D eigenvalue weighted by atomic mass is 10.1. The van der Waals surface area contributed by atoms with Crippen molar-refractivity contribution < 1.29 is 9.90 Å². The van der Waals surface area contributed by atoms with Crippen molar-refractivity contribution in [3.8, 4) is 0 Å². The molecule has 0 atom stereocenters. The molecule has 20 heavy (non-hydrogen) atoms. The first-order chi connectivity index (χ1) is 9.69. The summed E-state index contributed by atoms with van der Waals surface area (Å²) in [4.78, 5) is 9.75. The van der Waals surface area contributed by atoms with Gasteiger partial charge in [0.25, 0.3) is 0 Å². The van der Waals surface area contributed by atoms with Crippen LogP contribution in [-0.2, 0) is 11.3 Å². The standard InChI is InChI=1S/C11H11N.C6H8O2/c12-8-10-6-3-5-9-4-1-2-7-11(9)10;1-2-3-4-5-6(7)8/h1-7H,8,12H2;2-5H,1H3,(H,7,8)/b;3-2+,5-4+. The van der Waals surface area contributed by atoms with Gasteiger partial charge in [0.15, 0.2) is 0 Å². The third-order valence-electron chi connectivity index (χ3n) is 2.64. The average molecular weight is 269 g/mol. The van der Waals surface area contributed by atoms with E-state index in [2.05, 4.69) is 24.3 Å². The van der Waals surface area contributed by atoms with Crippen LogP contribution in [0.15, 0.2) is 66.8 Å². The van der Waals surface area contributed by atoms with Crippen LogP contribution < -0.4 is 5.73 Å². The smallest absolute Gasteiger partial charge is 0.328 e. The summed E-state index contributed by atoms with van der Waals surface area (Å²) in [7, 11) is 0. The normalized spacial score (nSPS) is 10.7. The summed E-state index contributed by atoms with van der Waals surface area (Å²) in [5.74, 6) is -0.914. The van der Waals surface area contributed by atoms with Crippen molar-refractivity contribution in [3.05, 3.63) is 72.3 Å². The molecule has 2 aromatic carbocycles. The molecule has 0 radical (unpaired) electrons. The molecule has 2 aromatic rings. The van der Waals surface area contributed by atoms with Crippen LogP contribution in [0.1, 0.15) is 12.5 Å². The van der Waals surface area contributed by atoms with Crippen LogP contribution in [0.4, 0.5) is 0 Å². The summed E-state index contributed by atoms with van der Waals surface area (Å²) >= 11 is 0. The quantitative estimate of drug-likeness (QED) is 0.662. The number of fused-ring (bicyclic) bond motifs is 1. The van der Waals surface area contributed by atoms with E-state index in [9.17, 15) is 4.79 Å². The van der Waals surface area contributed by atoms with Gasteiger partial charge in [-0.1, -0.05) is 60.7 Å². The molecule has 3 heteroatoms. The van der Waals surface area contributed by atoms with Crippen molar-refractivity contribution in [2.24, 2.45) is 5.73 Å². The van der Waals surface area contributed by atoms with E-state index in [1.807, 2.05) is 25.1 Å². The van der Waals surface area contributed by atoms with Crippen LogP contribution in [-0.4, -0.2) is 11.1 Å². The molecule has 0 aromatic heterocycles. The van der Waals surface area contributed by atoms with E-state index in [4.69, 9.17) is 10.8 Å². The zero-order chi connectivity index (χ0) is 14.8. The monoisotopic (exact) mass is 269 g/mol. The first kappa shape index (κ1) is 15.7. The summed E-state index contributed by atoms with van der Waals surface area (Å²) in [6.07, 6.45) is 5.98. The minimum Gasteiger partial charge on any atom is -0.478 e. The fourth-order valence-electron chi connectivity index (χ4n) is 1.72. The van der Waals surface area contributed by atoms with Gasteiger partial charge in [0.1, 0.15) is 0 Å². The molecule has 0 fully saturated rings. The molecule has 0 spiro atoms. The molecule has 0 aliphatic carbocycles. The second-order valence-corrected chi connectivity index (χ2v) is 4.07. The number of carbonyl (C=O) groups is 1. The van der Waals surface area contributed by atoms with Crippen molar-refractivity contribution in [3.63, 3.8) is 0 Å². The van der Waals surface area contributed by atoms with Crippen molar-refractivity contribution in [1.82, 2.24) is 0 Å². The Labute approximate surface area is 119 Å². The molecule has 104 valence electrons. The second kappa shape index (κ2) is 8.67. The molecule has 0 unspecified atom stereocenters. The predicted octanol–water partition coefficient (Wildman–Crippen LogP) is 3.50. The van der Waals surface area contributed by atoms with Gasteiger partial charge in [-0.3, -0.25) is 0 Å². The Morgan fingerprint density at radius 3 is 2.50 bits per heavy atom. The largest absolute Gasteiger partial charge is 0.478 e. The zero-order valence-corrected chi connectivity index (χ0v) is 11.5. The minimum absolute atomic E-state index is 0.612. The van der Waals surface area contributed by atoms with Crippen LogP contribution in [0.3, 0.4) is 0 Å². The van der Waals surface area contributed by atoms with Crippen LogP contribution in [0, 0.1) is 0 Å². The van der Waals surface area contributed by atoms with Gasteiger partial charge >= 0.3 is 5.97 Å². The van der Waals surface area contributed by atoms with E-state index in [1.165, 1.54) is 22.4 Å². The number of benzene rings is 2. The number of nitrogens with two attached hydrogens (primary N) is 1. The summed E-state index contributed by atoms with van der Waals surface area (Å²) in [5.41, 5.74) is 6.83. The van der Waals surface area contributed by atoms with Gasteiger partial charge < -0.3 is 10.8 Å². The summed E-state index contributed by atoms with van der Waals surface area (Å²) < 4.78 is 0. The lowest BCUT2D eigenvalue weighted by Gasteiger charge is -2.02. The van der Waals surface area contributed by atoms with E-state index in [1.54, 1.807) is 12.2 Å². The van der Waals surface area contributed by atoms with E-state index in [0.29, 0.717) is 6.54 Å². The van der Waals surface area contributed by atoms with Crippen LogP contribution in [0.5, 0.6) is 0 Å². The SMILES string of the molecule is C/C=C/C=C/C(=O)O.NCc1cccc2ccccc12. The van der Waals surface area contributed by atoms with E-state index >= 15 is 0 Å². The van der Waals surface area contributed by atoms with Crippen molar-refractivity contribution in [2.75, 3.05) is 0 Å². The Morgan fingerprint density at radius 2 is 1.85 bits per heavy atom. The van der Waals surface area contributed by atoms with Gasteiger partial charge in [-0.25, -0.2) is 4.79 Å². The topological polar surface area (TPSA) is 63.3 Å². The molecule has 0 bridgehead atoms. The fourth-order valence-corrected chi connectivity index (χ4v) is 1.72. The molecule has 0 amide bonds. The molecule has 0 saturated heterocycles. The number of carboxylic acids is 1. The lowest BCUT2D eigenvalue weighted by molar-refractivity contribution is -0.131. The number of carboxylic acid groups (broad SMARTS) is 1. The minimum atomic E-state index is -0.914. The first-order valence-electron chi connectivity index (χ1n) is 6.38. The average Bonchev–Trinajstić information content (AvgIpc) is 2.47. The first-order valence-corrected chi connectivity index (χ1v) is 6.38. The maximum Gasteiger partial charge on any atom is 0.328 e. The lowest BCUT2D eigenvalue weighted by Crippen LogP contribution is -1.96. The molecule has 0 heterocycles. The van der Waals surface area contributed by atoms with E-state index in [-0.39, 0.29) is 0 Å². The van der Waals surface area contributed by atoms with Gasteiger partial charge in [0.05, 0.1) is 0 Å². The van der Waals surface area contributed by atoms with Gasteiger partial charge in [-0.05, 0) is 23.3 Å². The molecule has 0 aliphatic heterocycles. The Kier molecular flexibility index (Phi) is 6.79. The maximum atomic E-state index is 9.75.